The molecule has 0 N–H and O–H groups in total. The van der Waals surface area contributed by atoms with Crippen molar-refractivity contribution in [2.24, 2.45) is 0 Å². The summed E-state index contributed by atoms with van der Waals surface area (Å²) in [4.78, 5) is 13.0. The number of benzene rings is 2. The summed E-state index contributed by atoms with van der Waals surface area (Å²) in [6, 6.07) is 10.6. The van der Waals surface area contributed by atoms with E-state index in [1.54, 1.807) is 18.2 Å². The van der Waals surface area contributed by atoms with Crippen LogP contribution in [0.25, 0.3) is 16.2 Å². The van der Waals surface area contributed by atoms with Gasteiger partial charge in [-0.3, -0.25) is 0 Å². The fourth-order valence-electron chi connectivity index (χ4n) is 2.58. The average Bonchev–Trinajstić information content (AvgIpc) is 3.09. The van der Waals surface area contributed by atoms with Crippen molar-refractivity contribution in [3.05, 3.63) is 65.0 Å². The van der Waals surface area contributed by atoms with Crippen molar-refractivity contribution >= 4 is 33.5 Å². The summed E-state index contributed by atoms with van der Waals surface area (Å²) < 4.78 is 52.2. The van der Waals surface area contributed by atoms with Gasteiger partial charge in [-0.2, -0.15) is 0 Å². The third kappa shape index (κ3) is 4.45. The highest BCUT2D eigenvalue weighted by Crippen LogP contribution is 2.37. The normalized spacial score (nSPS) is 11.3. The Kier molecular flexibility index (Phi) is 5.60. The number of methoxy groups -OCH3 is 1. The zero-order chi connectivity index (χ0) is 20.3. The smallest absolute Gasteiger partial charge is 0.487 e. The van der Waals surface area contributed by atoms with Gasteiger partial charge in [0.1, 0.15) is 23.7 Å². The van der Waals surface area contributed by atoms with Gasteiger partial charge in [0, 0.05) is 15.0 Å². The molecular weight excluding hydrogens is 393 g/mol. The highest BCUT2D eigenvalue weighted by molar-refractivity contribution is 7.19. The van der Waals surface area contributed by atoms with Gasteiger partial charge in [0.15, 0.2) is 0 Å². The zero-order valence-corrected chi connectivity index (χ0v) is 15.5. The molecule has 0 aliphatic rings. The van der Waals surface area contributed by atoms with Crippen molar-refractivity contribution in [3.63, 3.8) is 0 Å². The Labute approximate surface area is 162 Å². The van der Waals surface area contributed by atoms with Crippen molar-refractivity contribution < 1.29 is 32.2 Å². The topological polar surface area (TPSA) is 44.8 Å². The molecule has 0 aliphatic heterocycles. The quantitative estimate of drug-likeness (QED) is 0.483. The largest absolute Gasteiger partial charge is 0.573 e. The Morgan fingerprint density at radius 1 is 1.18 bits per heavy atom. The van der Waals surface area contributed by atoms with E-state index >= 15 is 0 Å². The summed E-state index contributed by atoms with van der Waals surface area (Å²) >= 11 is 1.50. The minimum atomic E-state index is -4.75. The number of ether oxygens (including phenoxy) is 3. The molecule has 0 bridgehead atoms. The zero-order valence-electron chi connectivity index (χ0n) is 14.7. The van der Waals surface area contributed by atoms with E-state index in [4.69, 9.17) is 9.47 Å². The molecule has 0 spiro atoms. The molecule has 0 atom stereocenters. The third-order valence-electron chi connectivity index (χ3n) is 3.82. The highest BCUT2D eigenvalue weighted by atomic mass is 32.1. The minimum Gasteiger partial charge on any atom is -0.487 e. The molecule has 146 valence electrons. The molecule has 0 saturated carbocycles. The molecular formula is C20H15F3O4S. The first kappa shape index (κ1) is 19.8. The second kappa shape index (κ2) is 7.93. The maximum absolute atomic E-state index is 12.2. The summed E-state index contributed by atoms with van der Waals surface area (Å²) in [5.74, 6) is -0.511. The molecule has 28 heavy (non-hydrogen) atoms. The van der Waals surface area contributed by atoms with Crippen LogP contribution in [-0.4, -0.2) is 19.4 Å². The number of esters is 1. The van der Waals surface area contributed by atoms with Gasteiger partial charge < -0.3 is 14.2 Å². The Hall–Kier alpha value is -3.00. The van der Waals surface area contributed by atoms with Crippen LogP contribution in [-0.2, 0) is 11.3 Å². The van der Waals surface area contributed by atoms with Crippen LogP contribution >= 0.6 is 11.3 Å². The standard InChI is InChI=1S/C20H15F3O4S/c1-3-14-10-16-17(28-14)9-8-15(19(24)25-2)18(16)26-11-12-4-6-13(7-5-12)27-20(21,22)23/h3-10H,1,11H2,2H3. The maximum Gasteiger partial charge on any atom is 0.573 e. The van der Waals surface area contributed by atoms with Crippen LogP contribution in [0.5, 0.6) is 11.5 Å². The molecule has 2 aromatic carbocycles. The fraction of sp³-hybridized carbons (Fsp3) is 0.150. The van der Waals surface area contributed by atoms with Crippen molar-refractivity contribution in [1.82, 2.24) is 0 Å². The van der Waals surface area contributed by atoms with Crippen molar-refractivity contribution in [1.29, 1.82) is 0 Å². The Morgan fingerprint density at radius 2 is 1.89 bits per heavy atom. The lowest BCUT2D eigenvalue weighted by Gasteiger charge is -2.13. The van der Waals surface area contributed by atoms with Crippen LogP contribution in [0, 0.1) is 0 Å². The Morgan fingerprint density at radius 3 is 2.50 bits per heavy atom. The number of alkyl halides is 3. The molecule has 0 aliphatic carbocycles. The van der Waals surface area contributed by atoms with Gasteiger partial charge in [-0.25, -0.2) is 4.79 Å². The first-order valence-corrected chi connectivity index (χ1v) is 8.87. The molecule has 4 nitrogen and oxygen atoms in total. The second-order valence-electron chi connectivity index (χ2n) is 5.68. The van der Waals surface area contributed by atoms with Crippen LogP contribution in [0.4, 0.5) is 13.2 Å². The minimum absolute atomic E-state index is 0.0503. The Bertz CT molecular complexity index is 1010. The Balaban J connectivity index is 1.87. The van der Waals surface area contributed by atoms with Crippen molar-refractivity contribution in [2.45, 2.75) is 13.0 Å². The summed E-state index contributed by atoms with van der Waals surface area (Å²) in [6.07, 6.45) is -3.05. The lowest BCUT2D eigenvalue weighted by molar-refractivity contribution is -0.274. The number of carbonyl (C=O) groups excluding carboxylic acids is 1. The molecule has 0 unspecified atom stereocenters. The molecule has 0 amide bonds. The summed E-state index contributed by atoms with van der Waals surface area (Å²) in [6.45, 7) is 3.79. The molecule has 0 radical (unpaired) electrons. The average molecular weight is 408 g/mol. The van der Waals surface area contributed by atoms with Gasteiger partial charge in [-0.1, -0.05) is 24.8 Å². The van der Waals surface area contributed by atoms with E-state index in [0.29, 0.717) is 11.3 Å². The number of rotatable bonds is 6. The highest BCUT2D eigenvalue weighted by Gasteiger charge is 2.31. The monoisotopic (exact) mass is 408 g/mol. The van der Waals surface area contributed by atoms with Crippen molar-refractivity contribution in [2.75, 3.05) is 7.11 Å². The second-order valence-corrected chi connectivity index (χ2v) is 6.79. The number of halogens is 3. The molecule has 1 heterocycles. The van der Waals surface area contributed by atoms with Gasteiger partial charge in [0.25, 0.3) is 0 Å². The third-order valence-corrected chi connectivity index (χ3v) is 4.91. The predicted molar refractivity (Wildman–Crippen MR) is 101 cm³/mol. The maximum atomic E-state index is 12.2. The van der Waals surface area contributed by atoms with Crippen molar-refractivity contribution in [3.8, 4) is 11.5 Å². The van der Waals surface area contributed by atoms with Gasteiger partial charge in [0.2, 0.25) is 0 Å². The summed E-state index contributed by atoms with van der Waals surface area (Å²) in [7, 11) is 1.28. The van der Waals surface area contributed by atoms with Crippen LogP contribution < -0.4 is 9.47 Å². The molecule has 0 saturated heterocycles. The number of hydrogen-bond acceptors (Lipinski definition) is 5. The molecule has 1 aromatic heterocycles. The van der Waals surface area contributed by atoms with Crippen LogP contribution in [0.2, 0.25) is 0 Å². The number of carbonyl (C=O) groups is 1. The molecule has 0 fully saturated rings. The van der Waals surface area contributed by atoms with E-state index in [0.717, 1.165) is 15.0 Å². The van der Waals surface area contributed by atoms with E-state index in [9.17, 15) is 18.0 Å². The van der Waals surface area contributed by atoms with Gasteiger partial charge >= 0.3 is 12.3 Å². The lowest BCUT2D eigenvalue weighted by atomic mass is 10.1. The van der Waals surface area contributed by atoms with Gasteiger partial charge in [-0.15, -0.1) is 24.5 Å². The molecule has 3 aromatic rings. The van der Waals surface area contributed by atoms with E-state index < -0.39 is 12.3 Å². The van der Waals surface area contributed by atoms with Crippen LogP contribution in [0.3, 0.4) is 0 Å². The number of fused-ring (bicyclic) bond motifs is 1. The molecule has 3 rings (SSSR count). The summed E-state index contributed by atoms with van der Waals surface area (Å²) in [5.41, 5.74) is 0.877. The van der Waals surface area contributed by atoms with E-state index in [-0.39, 0.29) is 17.9 Å². The SMILES string of the molecule is C=Cc1cc2c(OCc3ccc(OC(F)(F)F)cc3)c(C(=O)OC)ccc2s1. The van der Waals surface area contributed by atoms with Gasteiger partial charge in [0.05, 0.1) is 7.11 Å². The van der Waals surface area contributed by atoms with E-state index in [1.165, 1.54) is 42.7 Å². The first-order valence-electron chi connectivity index (χ1n) is 8.05. The predicted octanol–water partition coefficient (Wildman–Crippen LogP) is 5.81. The first-order chi connectivity index (χ1) is 13.3. The van der Waals surface area contributed by atoms with E-state index in [1.807, 2.05) is 6.07 Å². The van der Waals surface area contributed by atoms with E-state index in [2.05, 4.69) is 11.3 Å². The van der Waals surface area contributed by atoms with Crippen LogP contribution in [0.1, 0.15) is 20.8 Å². The lowest BCUT2D eigenvalue weighted by Crippen LogP contribution is -2.17. The summed E-state index contributed by atoms with van der Waals surface area (Å²) in [5, 5.41) is 0.736. The number of hydrogen-bond donors (Lipinski definition) is 0. The fourth-order valence-corrected chi connectivity index (χ4v) is 3.49. The molecule has 8 heteroatoms. The number of thiophene rings is 1. The van der Waals surface area contributed by atoms with Crippen LogP contribution in [0.15, 0.2) is 49.0 Å². The van der Waals surface area contributed by atoms with Gasteiger partial charge in [-0.05, 0) is 35.9 Å².